The topological polar surface area (TPSA) is 62.7 Å². The summed E-state index contributed by atoms with van der Waals surface area (Å²) in [5.41, 5.74) is 3.03. The highest BCUT2D eigenvalue weighted by atomic mass is 15.2. The lowest BCUT2D eigenvalue weighted by atomic mass is 10.2. The highest BCUT2D eigenvalue weighted by Crippen LogP contribution is 2.21. The monoisotopic (exact) mass is 333 g/mol. The molecule has 0 saturated carbocycles. The lowest BCUT2D eigenvalue weighted by Gasteiger charge is -2.14. The highest BCUT2D eigenvalue weighted by molar-refractivity contribution is 5.63. The first-order valence-electron chi connectivity index (χ1n) is 8.58. The van der Waals surface area contributed by atoms with Crippen molar-refractivity contribution in [3.63, 3.8) is 0 Å². The number of hydrogen-bond acceptors (Lipinski definition) is 5. The fraction of sp³-hybridized carbons (Fsp3) is 0.250. The SMILES string of the molecule is CC[C@@H](C)Nc1nc(NCc2ccccc2)cc(-c2cccnc2)n1. The smallest absolute Gasteiger partial charge is 0.225 e. The van der Waals surface area contributed by atoms with Gasteiger partial charge in [-0.1, -0.05) is 37.3 Å². The van der Waals surface area contributed by atoms with Gasteiger partial charge in [0, 0.05) is 36.6 Å². The van der Waals surface area contributed by atoms with Crippen molar-refractivity contribution in [2.75, 3.05) is 10.6 Å². The van der Waals surface area contributed by atoms with Crippen LogP contribution in [-0.4, -0.2) is 21.0 Å². The first-order valence-corrected chi connectivity index (χ1v) is 8.58. The van der Waals surface area contributed by atoms with E-state index in [0.29, 0.717) is 18.5 Å². The molecule has 0 spiro atoms. The average molecular weight is 333 g/mol. The number of pyridine rings is 1. The maximum absolute atomic E-state index is 4.64. The Labute approximate surface area is 148 Å². The van der Waals surface area contributed by atoms with E-state index in [9.17, 15) is 0 Å². The molecule has 0 fully saturated rings. The van der Waals surface area contributed by atoms with Crippen molar-refractivity contribution in [1.29, 1.82) is 0 Å². The third-order valence-electron chi connectivity index (χ3n) is 3.99. The first kappa shape index (κ1) is 16.9. The lowest BCUT2D eigenvalue weighted by molar-refractivity contribution is 0.753. The van der Waals surface area contributed by atoms with E-state index in [-0.39, 0.29) is 0 Å². The van der Waals surface area contributed by atoms with Crippen molar-refractivity contribution < 1.29 is 0 Å². The van der Waals surface area contributed by atoms with Gasteiger partial charge in [-0.05, 0) is 31.0 Å². The number of rotatable bonds is 7. The van der Waals surface area contributed by atoms with Gasteiger partial charge in [-0.3, -0.25) is 4.98 Å². The molecule has 0 aliphatic rings. The second-order valence-electron chi connectivity index (χ2n) is 6.00. The molecule has 0 amide bonds. The molecule has 0 aliphatic heterocycles. The molecule has 2 aromatic heterocycles. The molecule has 0 bridgehead atoms. The van der Waals surface area contributed by atoms with Crippen molar-refractivity contribution in [3.05, 3.63) is 66.5 Å². The quantitative estimate of drug-likeness (QED) is 0.672. The third kappa shape index (κ3) is 4.76. The average Bonchev–Trinajstić information content (AvgIpc) is 2.67. The molecule has 5 nitrogen and oxygen atoms in total. The van der Waals surface area contributed by atoms with Gasteiger partial charge in [0.05, 0.1) is 5.69 Å². The van der Waals surface area contributed by atoms with Crippen molar-refractivity contribution in [2.24, 2.45) is 0 Å². The maximum atomic E-state index is 4.64. The second-order valence-corrected chi connectivity index (χ2v) is 6.00. The van der Waals surface area contributed by atoms with Crippen molar-refractivity contribution in [1.82, 2.24) is 15.0 Å². The summed E-state index contributed by atoms with van der Waals surface area (Å²) in [6.45, 7) is 4.97. The third-order valence-corrected chi connectivity index (χ3v) is 3.99. The Morgan fingerprint density at radius 1 is 1.04 bits per heavy atom. The minimum atomic E-state index is 0.311. The van der Waals surface area contributed by atoms with Gasteiger partial charge in [0.1, 0.15) is 5.82 Å². The number of aromatic nitrogens is 3. The molecule has 2 N–H and O–H groups in total. The largest absolute Gasteiger partial charge is 0.366 e. The fourth-order valence-electron chi connectivity index (χ4n) is 2.38. The van der Waals surface area contributed by atoms with E-state index in [4.69, 9.17) is 0 Å². The number of nitrogens with zero attached hydrogens (tertiary/aromatic N) is 3. The van der Waals surface area contributed by atoms with E-state index in [2.05, 4.69) is 51.6 Å². The Balaban J connectivity index is 1.86. The van der Waals surface area contributed by atoms with Crippen LogP contribution in [-0.2, 0) is 6.54 Å². The maximum Gasteiger partial charge on any atom is 0.225 e. The van der Waals surface area contributed by atoms with Crippen LogP contribution in [0, 0.1) is 0 Å². The molecule has 0 unspecified atom stereocenters. The zero-order valence-electron chi connectivity index (χ0n) is 14.6. The standard InChI is InChI=1S/C20H23N5/c1-3-15(2)23-20-24-18(17-10-7-11-21-14-17)12-19(25-20)22-13-16-8-5-4-6-9-16/h4-12,14-15H,3,13H2,1-2H3,(H2,22,23,24,25)/t15-/m1/s1. The van der Waals surface area contributed by atoms with Crippen LogP contribution in [0.4, 0.5) is 11.8 Å². The van der Waals surface area contributed by atoms with Gasteiger partial charge in [-0.15, -0.1) is 0 Å². The molecule has 25 heavy (non-hydrogen) atoms. The molecule has 2 heterocycles. The summed E-state index contributed by atoms with van der Waals surface area (Å²) >= 11 is 0. The Morgan fingerprint density at radius 2 is 1.88 bits per heavy atom. The van der Waals surface area contributed by atoms with Crippen LogP contribution in [0.2, 0.25) is 0 Å². The van der Waals surface area contributed by atoms with E-state index >= 15 is 0 Å². The molecule has 5 heteroatoms. The predicted octanol–water partition coefficient (Wildman–Crippen LogP) is 4.36. The predicted molar refractivity (Wildman–Crippen MR) is 102 cm³/mol. The van der Waals surface area contributed by atoms with E-state index in [1.807, 2.05) is 42.6 Å². The number of anilines is 2. The number of nitrogens with one attached hydrogen (secondary N) is 2. The molecule has 1 atom stereocenters. The summed E-state index contributed by atoms with van der Waals surface area (Å²) in [7, 11) is 0. The summed E-state index contributed by atoms with van der Waals surface area (Å²) in [5, 5.41) is 6.75. The lowest BCUT2D eigenvalue weighted by Crippen LogP contribution is -2.16. The van der Waals surface area contributed by atoms with Crippen molar-refractivity contribution in [3.8, 4) is 11.3 Å². The minimum absolute atomic E-state index is 0.311. The second kappa shape index (κ2) is 8.24. The summed E-state index contributed by atoms with van der Waals surface area (Å²) in [6, 6.07) is 16.5. The van der Waals surface area contributed by atoms with Gasteiger partial charge in [-0.25, -0.2) is 4.98 Å². The summed E-state index contributed by atoms with van der Waals surface area (Å²) < 4.78 is 0. The van der Waals surface area contributed by atoms with Gasteiger partial charge in [-0.2, -0.15) is 4.98 Å². The molecule has 0 aliphatic carbocycles. The summed E-state index contributed by atoms with van der Waals surface area (Å²) in [5.74, 6) is 1.43. The molecule has 0 radical (unpaired) electrons. The van der Waals surface area contributed by atoms with Gasteiger partial charge in [0.2, 0.25) is 5.95 Å². The Kier molecular flexibility index (Phi) is 5.57. The van der Waals surface area contributed by atoms with Crippen LogP contribution in [0.5, 0.6) is 0 Å². The van der Waals surface area contributed by atoms with Crippen LogP contribution in [0.1, 0.15) is 25.8 Å². The van der Waals surface area contributed by atoms with Crippen LogP contribution in [0.3, 0.4) is 0 Å². The Bertz CT molecular complexity index is 790. The van der Waals surface area contributed by atoms with Gasteiger partial charge >= 0.3 is 0 Å². The molecule has 3 aromatic rings. The summed E-state index contributed by atoms with van der Waals surface area (Å²) in [6.07, 6.45) is 4.58. The molecule has 128 valence electrons. The minimum Gasteiger partial charge on any atom is -0.366 e. The Morgan fingerprint density at radius 3 is 2.60 bits per heavy atom. The van der Waals surface area contributed by atoms with E-state index in [0.717, 1.165) is 23.5 Å². The number of hydrogen-bond donors (Lipinski definition) is 2. The van der Waals surface area contributed by atoms with Crippen molar-refractivity contribution in [2.45, 2.75) is 32.9 Å². The van der Waals surface area contributed by atoms with E-state index in [1.165, 1.54) is 5.56 Å². The highest BCUT2D eigenvalue weighted by Gasteiger charge is 2.09. The van der Waals surface area contributed by atoms with Gasteiger partial charge in [0.15, 0.2) is 0 Å². The van der Waals surface area contributed by atoms with Gasteiger partial charge < -0.3 is 10.6 Å². The normalized spacial score (nSPS) is 11.8. The Hall–Kier alpha value is -2.95. The zero-order valence-corrected chi connectivity index (χ0v) is 14.6. The first-order chi connectivity index (χ1) is 12.2. The molecular formula is C20H23N5. The van der Waals surface area contributed by atoms with Crippen LogP contribution >= 0.6 is 0 Å². The molecule has 3 rings (SSSR count). The summed E-state index contributed by atoms with van der Waals surface area (Å²) in [4.78, 5) is 13.4. The van der Waals surface area contributed by atoms with Crippen LogP contribution in [0.15, 0.2) is 60.9 Å². The fourth-order valence-corrected chi connectivity index (χ4v) is 2.38. The van der Waals surface area contributed by atoms with Crippen molar-refractivity contribution >= 4 is 11.8 Å². The van der Waals surface area contributed by atoms with Crippen LogP contribution in [0.25, 0.3) is 11.3 Å². The van der Waals surface area contributed by atoms with E-state index < -0.39 is 0 Å². The van der Waals surface area contributed by atoms with E-state index in [1.54, 1.807) is 6.20 Å². The van der Waals surface area contributed by atoms with Gasteiger partial charge in [0.25, 0.3) is 0 Å². The molecular weight excluding hydrogens is 310 g/mol. The molecule has 0 saturated heterocycles. The van der Waals surface area contributed by atoms with Crippen LogP contribution < -0.4 is 10.6 Å². The molecule has 1 aromatic carbocycles. The zero-order chi connectivity index (χ0) is 17.5. The number of benzene rings is 1.